The van der Waals surface area contributed by atoms with Crippen LogP contribution in [0.15, 0.2) is 18.7 Å². The minimum atomic E-state index is -0.793. The van der Waals surface area contributed by atoms with E-state index in [4.69, 9.17) is 0 Å². The highest BCUT2D eigenvalue weighted by atomic mass is 16.2. The van der Waals surface area contributed by atoms with E-state index in [2.05, 4.69) is 15.3 Å². The SMILES string of the molecule is CCC1C(=O)NC(C)(C2CC2)C(=O)N1c1cncnc1. The summed E-state index contributed by atoms with van der Waals surface area (Å²) in [5.41, 5.74) is -0.204. The lowest BCUT2D eigenvalue weighted by molar-refractivity contribution is -0.138. The van der Waals surface area contributed by atoms with Crippen LogP contribution < -0.4 is 10.2 Å². The van der Waals surface area contributed by atoms with Crippen LogP contribution >= 0.6 is 0 Å². The molecule has 0 radical (unpaired) electrons. The third kappa shape index (κ3) is 1.87. The van der Waals surface area contributed by atoms with E-state index in [1.54, 1.807) is 17.3 Å². The topological polar surface area (TPSA) is 75.2 Å². The van der Waals surface area contributed by atoms with Crippen LogP contribution in [0, 0.1) is 5.92 Å². The highest BCUT2D eigenvalue weighted by Gasteiger charge is 2.55. The van der Waals surface area contributed by atoms with Crippen LogP contribution in [0.5, 0.6) is 0 Å². The van der Waals surface area contributed by atoms with E-state index >= 15 is 0 Å². The molecule has 6 nitrogen and oxygen atoms in total. The van der Waals surface area contributed by atoms with Crippen molar-refractivity contribution in [1.82, 2.24) is 15.3 Å². The van der Waals surface area contributed by atoms with Crippen LogP contribution in [0.2, 0.25) is 0 Å². The fourth-order valence-electron chi connectivity index (χ4n) is 2.92. The predicted molar refractivity (Wildman–Crippen MR) is 72.9 cm³/mol. The van der Waals surface area contributed by atoms with Gasteiger partial charge in [0.1, 0.15) is 17.9 Å². The van der Waals surface area contributed by atoms with Crippen molar-refractivity contribution in [2.45, 2.75) is 44.7 Å². The van der Waals surface area contributed by atoms with Gasteiger partial charge in [-0.05, 0) is 32.1 Å². The maximum absolute atomic E-state index is 12.9. The molecular formula is C14H18N4O2. The average Bonchev–Trinajstić information content (AvgIpc) is 3.28. The maximum atomic E-state index is 12.9. The quantitative estimate of drug-likeness (QED) is 0.888. The number of nitrogens with one attached hydrogen (secondary N) is 1. The third-order valence-electron chi connectivity index (χ3n) is 4.27. The first kappa shape index (κ1) is 13.0. The molecule has 2 amide bonds. The molecule has 1 aliphatic heterocycles. The molecule has 1 aromatic rings. The molecule has 3 rings (SSSR count). The van der Waals surface area contributed by atoms with E-state index in [0.717, 1.165) is 12.8 Å². The van der Waals surface area contributed by atoms with E-state index in [1.165, 1.54) is 6.33 Å². The van der Waals surface area contributed by atoms with Crippen LogP contribution in [0.4, 0.5) is 5.69 Å². The standard InChI is InChI=1S/C14H18N4O2/c1-3-11-12(19)17-14(2,9-4-5-9)13(20)18(11)10-6-15-8-16-7-10/h6-9,11H,3-5H2,1-2H3,(H,17,19). The summed E-state index contributed by atoms with van der Waals surface area (Å²) in [4.78, 5) is 34.7. The van der Waals surface area contributed by atoms with Crippen molar-refractivity contribution in [3.63, 3.8) is 0 Å². The molecule has 0 aromatic carbocycles. The van der Waals surface area contributed by atoms with Crippen molar-refractivity contribution in [3.05, 3.63) is 18.7 Å². The summed E-state index contributed by atoms with van der Waals surface area (Å²) < 4.78 is 0. The number of aromatic nitrogens is 2. The second kappa shape index (κ2) is 4.54. The van der Waals surface area contributed by atoms with Gasteiger partial charge in [0.05, 0.1) is 18.1 Å². The highest BCUT2D eigenvalue weighted by Crippen LogP contribution is 2.43. The van der Waals surface area contributed by atoms with Gasteiger partial charge in [0.2, 0.25) is 5.91 Å². The first-order chi connectivity index (χ1) is 9.58. The molecular weight excluding hydrogens is 256 g/mol. The van der Waals surface area contributed by atoms with E-state index in [1.807, 2.05) is 13.8 Å². The van der Waals surface area contributed by atoms with Crippen molar-refractivity contribution in [3.8, 4) is 0 Å². The number of hydrogen-bond donors (Lipinski definition) is 1. The minimum Gasteiger partial charge on any atom is -0.340 e. The second-order valence-electron chi connectivity index (χ2n) is 5.66. The fourth-order valence-corrected chi connectivity index (χ4v) is 2.92. The Morgan fingerprint density at radius 1 is 1.35 bits per heavy atom. The summed E-state index contributed by atoms with van der Waals surface area (Å²) in [6, 6.07) is -0.486. The highest BCUT2D eigenvalue weighted by molar-refractivity contribution is 6.10. The van der Waals surface area contributed by atoms with Crippen LogP contribution in [0.3, 0.4) is 0 Å². The van der Waals surface area contributed by atoms with Crippen molar-refractivity contribution < 1.29 is 9.59 Å². The number of carbonyl (C=O) groups excluding carboxylic acids is 2. The van der Waals surface area contributed by atoms with Crippen molar-refractivity contribution in [1.29, 1.82) is 0 Å². The summed E-state index contributed by atoms with van der Waals surface area (Å²) in [6.07, 6.45) is 7.11. The first-order valence-corrected chi connectivity index (χ1v) is 6.98. The van der Waals surface area contributed by atoms with Gasteiger partial charge in [-0.3, -0.25) is 14.5 Å². The summed E-state index contributed by atoms with van der Waals surface area (Å²) in [6.45, 7) is 3.72. The zero-order valence-corrected chi connectivity index (χ0v) is 11.7. The molecule has 2 aliphatic rings. The molecule has 1 aliphatic carbocycles. The Morgan fingerprint density at radius 3 is 2.55 bits per heavy atom. The summed E-state index contributed by atoms with van der Waals surface area (Å²) in [7, 11) is 0. The van der Waals surface area contributed by atoms with Gasteiger partial charge < -0.3 is 5.32 Å². The minimum absolute atomic E-state index is 0.0544. The average molecular weight is 274 g/mol. The molecule has 2 heterocycles. The van der Waals surface area contributed by atoms with Crippen molar-refractivity contribution in [2.24, 2.45) is 5.92 Å². The van der Waals surface area contributed by atoms with E-state index in [-0.39, 0.29) is 17.7 Å². The summed E-state index contributed by atoms with van der Waals surface area (Å²) >= 11 is 0. The Balaban J connectivity index is 2.02. The van der Waals surface area contributed by atoms with Gasteiger partial charge in [0, 0.05) is 0 Å². The van der Waals surface area contributed by atoms with Gasteiger partial charge in [-0.1, -0.05) is 6.92 Å². The smallest absolute Gasteiger partial charge is 0.253 e. The number of amides is 2. The number of piperazine rings is 1. The lowest BCUT2D eigenvalue weighted by atomic mass is 9.88. The largest absolute Gasteiger partial charge is 0.340 e. The lowest BCUT2D eigenvalue weighted by Gasteiger charge is -2.44. The first-order valence-electron chi connectivity index (χ1n) is 6.98. The molecule has 1 aromatic heterocycles. The lowest BCUT2D eigenvalue weighted by Crippen LogP contribution is -2.70. The number of rotatable bonds is 3. The van der Waals surface area contributed by atoms with E-state index < -0.39 is 11.6 Å². The normalized spacial score (nSPS) is 30.3. The van der Waals surface area contributed by atoms with E-state index in [0.29, 0.717) is 12.1 Å². The number of carbonyl (C=O) groups is 2. The Labute approximate surface area is 117 Å². The number of anilines is 1. The van der Waals surface area contributed by atoms with Gasteiger partial charge in [-0.2, -0.15) is 0 Å². The number of hydrogen-bond acceptors (Lipinski definition) is 4. The van der Waals surface area contributed by atoms with Crippen molar-refractivity contribution in [2.75, 3.05) is 4.90 Å². The Kier molecular flexibility index (Phi) is 2.96. The third-order valence-corrected chi connectivity index (χ3v) is 4.27. The zero-order chi connectivity index (χ0) is 14.3. The molecule has 1 saturated carbocycles. The van der Waals surface area contributed by atoms with Crippen LogP contribution in [-0.2, 0) is 9.59 Å². The molecule has 20 heavy (non-hydrogen) atoms. The van der Waals surface area contributed by atoms with Gasteiger partial charge >= 0.3 is 0 Å². The van der Waals surface area contributed by atoms with Crippen LogP contribution in [0.1, 0.15) is 33.1 Å². The maximum Gasteiger partial charge on any atom is 0.253 e. The molecule has 2 atom stereocenters. The Morgan fingerprint density at radius 2 is 2.00 bits per heavy atom. The van der Waals surface area contributed by atoms with Crippen LogP contribution in [0.25, 0.3) is 0 Å². The van der Waals surface area contributed by atoms with Gasteiger partial charge in [-0.15, -0.1) is 0 Å². The predicted octanol–water partition coefficient (Wildman–Crippen LogP) is 0.887. The summed E-state index contributed by atoms with van der Waals surface area (Å²) in [5, 5.41) is 2.93. The van der Waals surface area contributed by atoms with Crippen LogP contribution in [-0.4, -0.2) is 33.4 Å². The molecule has 2 unspecified atom stereocenters. The molecule has 0 spiro atoms. The number of nitrogens with zero attached hydrogens (tertiary/aromatic N) is 3. The monoisotopic (exact) mass is 274 g/mol. The Bertz CT molecular complexity index is 543. The van der Waals surface area contributed by atoms with Crippen molar-refractivity contribution >= 4 is 17.5 Å². The molecule has 1 N–H and O–H groups in total. The molecule has 0 bridgehead atoms. The zero-order valence-electron chi connectivity index (χ0n) is 11.7. The van der Waals surface area contributed by atoms with Gasteiger partial charge in [-0.25, -0.2) is 9.97 Å². The Hall–Kier alpha value is -1.98. The molecule has 6 heteroatoms. The van der Waals surface area contributed by atoms with Gasteiger partial charge in [0.15, 0.2) is 0 Å². The van der Waals surface area contributed by atoms with Gasteiger partial charge in [0.25, 0.3) is 5.91 Å². The molecule has 2 fully saturated rings. The summed E-state index contributed by atoms with van der Waals surface area (Å²) in [5.74, 6) is 0.0930. The van der Waals surface area contributed by atoms with E-state index in [9.17, 15) is 9.59 Å². The molecule has 1 saturated heterocycles. The fraction of sp³-hybridized carbons (Fsp3) is 0.571. The second-order valence-corrected chi connectivity index (χ2v) is 5.66. The molecule has 106 valence electrons.